The fourth-order valence-electron chi connectivity index (χ4n) is 4.07. The van der Waals surface area contributed by atoms with Crippen LogP contribution < -0.4 is 9.80 Å². The van der Waals surface area contributed by atoms with Gasteiger partial charge in [-0.15, -0.1) is 0 Å². The third kappa shape index (κ3) is 4.48. The van der Waals surface area contributed by atoms with Gasteiger partial charge in [0.15, 0.2) is 6.29 Å². The number of carbonyl (C=O) groups is 1. The standard InChI is InChI=1S/C24H28ClN2O3/c1-2-3-13-26-20-9-5-4-8-19(20)24(28)27(21-12-11-18(25)17-22(21)26)14-16-30-23-10-6-7-15-29-23/h4-5,8-9,11-12,17,23H,1-3,6-7,10,13-16H2. The Balaban J connectivity index is 1.66. The summed E-state index contributed by atoms with van der Waals surface area (Å²) in [7, 11) is 0. The summed E-state index contributed by atoms with van der Waals surface area (Å²) in [5.74, 6) is -0.0283. The second-order valence-corrected chi connectivity index (χ2v) is 8.07. The van der Waals surface area contributed by atoms with Gasteiger partial charge < -0.3 is 19.3 Å². The molecule has 2 aromatic rings. The lowest BCUT2D eigenvalue weighted by Gasteiger charge is -2.28. The Labute approximate surface area is 183 Å². The molecule has 1 radical (unpaired) electrons. The molecule has 2 aliphatic rings. The first-order valence-corrected chi connectivity index (χ1v) is 11.1. The molecule has 6 heteroatoms. The van der Waals surface area contributed by atoms with E-state index in [0.717, 1.165) is 62.3 Å². The number of halogens is 1. The monoisotopic (exact) mass is 427 g/mol. The maximum Gasteiger partial charge on any atom is 0.260 e. The van der Waals surface area contributed by atoms with Crippen LogP contribution >= 0.6 is 11.6 Å². The zero-order chi connectivity index (χ0) is 20.9. The van der Waals surface area contributed by atoms with Crippen molar-refractivity contribution in [2.75, 3.05) is 36.1 Å². The quantitative estimate of drug-likeness (QED) is 0.577. The van der Waals surface area contributed by atoms with Crippen LogP contribution in [-0.4, -0.2) is 38.5 Å². The van der Waals surface area contributed by atoms with E-state index < -0.39 is 0 Å². The van der Waals surface area contributed by atoms with Crippen molar-refractivity contribution in [1.82, 2.24) is 0 Å². The summed E-state index contributed by atoms with van der Waals surface area (Å²) < 4.78 is 11.6. The fraction of sp³-hybridized carbons (Fsp3) is 0.417. The number of carbonyl (C=O) groups excluding carboxylic acids is 1. The molecule has 0 spiro atoms. The number of rotatable bonds is 7. The number of nitrogens with zero attached hydrogens (tertiary/aromatic N) is 2. The zero-order valence-corrected chi connectivity index (χ0v) is 17.9. The summed E-state index contributed by atoms with van der Waals surface area (Å²) >= 11 is 6.36. The summed E-state index contributed by atoms with van der Waals surface area (Å²) in [6, 6.07) is 13.5. The van der Waals surface area contributed by atoms with Crippen LogP contribution in [0.4, 0.5) is 17.1 Å². The number of ether oxygens (including phenoxy) is 2. The van der Waals surface area contributed by atoms with Crippen molar-refractivity contribution < 1.29 is 14.3 Å². The molecule has 0 aliphatic carbocycles. The number of unbranched alkanes of at least 4 members (excludes halogenated alkanes) is 1. The Bertz CT molecular complexity index is 883. The van der Waals surface area contributed by atoms with Crippen LogP contribution in [0.3, 0.4) is 0 Å². The minimum atomic E-state index is -0.175. The molecule has 0 N–H and O–H groups in total. The highest BCUT2D eigenvalue weighted by Crippen LogP contribution is 2.42. The molecule has 1 unspecified atom stereocenters. The van der Waals surface area contributed by atoms with E-state index >= 15 is 0 Å². The second-order valence-electron chi connectivity index (χ2n) is 7.63. The first-order chi connectivity index (χ1) is 14.7. The van der Waals surface area contributed by atoms with Gasteiger partial charge in [-0.1, -0.05) is 37.1 Å². The molecule has 1 fully saturated rings. The van der Waals surface area contributed by atoms with Crippen LogP contribution in [-0.2, 0) is 9.47 Å². The Kier molecular flexibility index (Phi) is 6.93. The predicted octanol–water partition coefficient (Wildman–Crippen LogP) is 5.60. The highest BCUT2D eigenvalue weighted by molar-refractivity contribution is 6.31. The van der Waals surface area contributed by atoms with Gasteiger partial charge in [0.05, 0.1) is 29.2 Å². The van der Waals surface area contributed by atoms with Crippen molar-refractivity contribution in [2.24, 2.45) is 0 Å². The normalized spacial score (nSPS) is 18.7. The molecule has 0 aromatic heterocycles. The molecular weight excluding hydrogens is 400 g/mol. The average molecular weight is 428 g/mol. The first kappa shape index (κ1) is 21.2. The summed E-state index contributed by atoms with van der Waals surface area (Å²) in [5.41, 5.74) is 3.36. The van der Waals surface area contributed by atoms with Crippen LogP contribution in [0, 0.1) is 6.92 Å². The molecule has 2 heterocycles. The Morgan fingerprint density at radius 1 is 1.07 bits per heavy atom. The molecule has 0 bridgehead atoms. The lowest BCUT2D eigenvalue weighted by molar-refractivity contribution is -0.160. The van der Waals surface area contributed by atoms with E-state index in [2.05, 4.69) is 11.8 Å². The van der Waals surface area contributed by atoms with Gasteiger partial charge in [0.2, 0.25) is 0 Å². The maximum atomic E-state index is 13.6. The van der Waals surface area contributed by atoms with E-state index in [4.69, 9.17) is 21.1 Å². The Morgan fingerprint density at radius 3 is 2.73 bits per heavy atom. The Morgan fingerprint density at radius 2 is 1.93 bits per heavy atom. The van der Waals surface area contributed by atoms with E-state index in [1.54, 1.807) is 4.90 Å². The van der Waals surface area contributed by atoms with Crippen LogP contribution in [0.25, 0.3) is 0 Å². The number of amides is 1. The minimum Gasteiger partial charge on any atom is -0.353 e. The van der Waals surface area contributed by atoms with Crippen molar-refractivity contribution in [3.05, 3.63) is 60.0 Å². The molecular formula is C24H28ClN2O3. The molecule has 5 nitrogen and oxygen atoms in total. The van der Waals surface area contributed by atoms with E-state index in [1.165, 1.54) is 0 Å². The van der Waals surface area contributed by atoms with Crippen LogP contribution in [0.1, 0.15) is 42.5 Å². The highest BCUT2D eigenvalue weighted by atomic mass is 35.5. The van der Waals surface area contributed by atoms with E-state index in [1.807, 2.05) is 42.5 Å². The molecule has 0 saturated carbocycles. The number of hydrogen-bond donors (Lipinski definition) is 0. The summed E-state index contributed by atoms with van der Waals surface area (Å²) in [4.78, 5) is 17.5. The van der Waals surface area contributed by atoms with Gasteiger partial charge in [0, 0.05) is 24.7 Å². The first-order valence-electron chi connectivity index (χ1n) is 10.7. The van der Waals surface area contributed by atoms with Gasteiger partial charge in [-0.3, -0.25) is 4.79 Å². The third-order valence-corrected chi connectivity index (χ3v) is 5.81. The lowest BCUT2D eigenvalue weighted by atomic mass is 10.1. The van der Waals surface area contributed by atoms with Gasteiger partial charge in [-0.2, -0.15) is 0 Å². The Hall–Kier alpha value is -2.08. The van der Waals surface area contributed by atoms with E-state index in [0.29, 0.717) is 23.7 Å². The van der Waals surface area contributed by atoms with Crippen LogP contribution in [0.15, 0.2) is 42.5 Å². The van der Waals surface area contributed by atoms with Crippen molar-refractivity contribution in [1.29, 1.82) is 0 Å². The maximum absolute atomic E-state index is 13.6. The van der Waals surface area contributed by atoms with Crippen molar-refractivity contribution in [2.45, 2.75) is 38.4 Å². The van der Waals surface area contributed by atoms with E-state index in [9.17, 15) is 4.79 Å². The minimum absolute atomic E-state index is 0.0283. The van der Waals surface area contributed by atoms with Crippen molar-refractivity contribution >= 4 is 34.6 Å². The fourth-order valence-corrected chi connectivity index (χ4v) is 4.23. The average Bonchev–Trinajstić information content (AvgIpc) is 2.87. The molecule has 159 valence electrons. The largest absolute Gasteiger partial charge is 0.353 e. The van der Waals surface area contributed by atoms with Crippen LogP contribution in [0.2, 0.25) is 5.02 Å². The number of benzene rings is 2. The molecule has 1 atom stereocenters. The number of fused-ring (bicyclic) bond motifs is 2. The number of anilines is 3. The topological polar surface area (TPSA) is 42.0 Å². The highest BCUT2D eigenvalue weighted by Gasteiger charge is 2.31. The predicted molar refractivity (Wildman–Crippen MR) is 121 cm³/mol. The molecule has 2 aromatic carbocycles. The molecule has 30 heavy (non-hydrogen) atoms. The number of para-hydroxylation sites is 1. The third-order valence-electron chi connectivity index (χ3n) is 5.58. The summed E-state index contributed by atoms with van der Waals surface area (Å²) in [5, 5.41) is 0.645. The lowest BCUT2D eigenvalue weighted by Crippen LogP contribution is -2.35. The van der Waals surface area contributed by atoms with Gasteiger partial charge in [-0.25, -0.2) is 0 Å². The van der Waals surface area contributed by atoms with Crippen molar-refractivity contribution in [3.8, 4) is 0 Å². The van der Waals surface area contributed by atoms with Gasteiger partial charge >= 0.3 is 0 Å². The van der Waals surface area contributed by atoms with Crippen LogP contribution in [0.5, 0.6) is 0 Å². The van der Waals surface area contributed by atoms with Gasteiger partial charge in [0.1, 0.15) is 0 Å². The zero-order valence-electron chi connectivity index (χ0n) is 17.2. The van der Waals surface area contributed by atoms with Crippen molar-refractivity contribution in [3.63, 3.8) is 0 Å². The van der Waals surface area contributed by atoms with Gasteiger partial charge in [0.25, 0.3) is 5.91 Å². The summed E-state index contributed by atoms with van der Waals surface area (Å²) in [6.07, 6.45) is 4.66. The van der Waals surface area contributed by atoms with Gasteiger partial charge in [-0.05, 0) is 56.0 Å². The van der Waals surface area contributed by atoms with E-state index in [-0.39, 0.29) is 12.2 Å². The molecule has 1 amide bonds. The summed E-state index contributed by atoms with van der Waals surface area (Å²) in [6.45, 7) is 6.35. The SMILES string of the molecule is [CH2]CCCN1c2ccccc2C(=O)N(CCOC2CCCCO2)c2ccc(Cl)cc21. The second kappa shape index (κ2) is 9.82. The molecule has 1 saturated heterocycles. The molecule has 4 rings (SSSR count). The number of hydrogen-bond acceptors (Lipinski definition) is 4. The smallest absolute Gasteiger partial charge is 0.260 e. The molecule has 2 aliphatic heterocycles.